The molecule has 0 unspecified atom stereocenters. The Kier molecular flexibility index (Phi) is 5.47. The number of halogens is 2. The van der Waals surface area contributed by atoms with E-state index in [1.54, 1.807) is 20.8 Å². The summed E-state index contributed by atoms with van der Waals surface area (Å²) in [6.45, 7) is 8.83. The van der Waals surface area contributed by atoms with Crippen LogP contribution in [0, 0.1) is 0 Å². The lowest BCUT2D eigenvalue weighted by Crippen LogP contribution is -2.45. The molecule has 0 aromatic heterocycles. The molecule has 138 valence electrons. The average molecular weight is 351 g/mol. The molecule has 1 aliphatic heterocycles. The van der Waals surface area contributed by atoms with Crippen molar-refractivity contribution in [1.82, 2.24) is 4.90 Å². The average Bonchev–Trinajstić information content (AvgIpc) is 2.53. The number of hydrogen-bond donors (Lipinski definition) is 0. The highest BCUT2D eigenvalue weighted by Gasteiger charge is 2.57. The first-order chi connectivity index (χ1) is 10.6. The van der Waals surface area contributed by atoms with Gasteiger partial charge in [-0.15, -0.1) is 0 Å². The first-order valence-corrected chi connectivity index (χ1v) is 7.43. The van der Waals surface area contributed by atoms with Crippen LogP contribution in [0.3, 0.4) is 0 Å². The van der Waals surface area contributed by atoms with E-state index in [2.05, 4.69) is 0 Å². The quantitative estimate of drug-likeness (QED) is 0.711. The summed E-state index contributed by atoms with van der Waals surface area (Å²) in [5.74, 6) is -5.40. The number of amides is 2. The minimum absolute atomic E-state index is 0.301. The van der Waals surface area contributed by atoms with Gasteiger partial charge in [0, 0.05) is 6.42 Å². The molecule has 1 saturated heterocycles. The maximum Gasteiger partial charge on any atom is 0.508 e. The first kappa shape index (κ1) is 20.1. The molecular formula is C15H23F2NO6. The van der Waals surface area contributed by atoms with Crippen LogP contribution in [0.4, 0.5) is 18.4 Å². The first-order valence-electron chi connectivity index (χ1n) is 7.43. The van der Waals surface area contributed by atoms with E-state index in [0.717, 1.165) is 0 Å². The van der Waals surface area contributed by atoms with Crippen molar-refractivity contribution in [3.63, 3.8) is 0 Å². The minimum atomic E-state index is -3.72. The number of ether oxygens (including phenoxy) is 3. The van der Waals surface area contributed by atoms with Gasteiger partial charge in [0.1, 0.15) is 17.8 Å². The van der Waals surface area contributed by atoms with Crippen LogP contribution in [0.5, 0.6) is 0 Å². The molecular weight excluding hydrogens is 328 g/mol. The Bertz CT molecular complexity index is 521. The smallest absolute Gasteiger partial charge is 0.443 e. The van der Waals surface area contributed by atoms with E-state index in [-0.39, 0.29) is 0 Å². The number of hydrogen-bond acceptors (Lipinski definition) is 6. The zero-order valence-corrected chi connectivity index (χ0v) is 14.6. The number of alkyl halides is 2. The fourth-order valence-electron chi connectivity index (χ4n) is 1.94. The fraction of sp³-hybridized carbons (Fsp3) is 0.800. The Morgan fingerprint density at radius 2 is 1.62 bits per heavy atom. The van der Waals surface area contributed by atoms with Crippen LogP contribution in [-0.4, -0.2) is 52.8 Å². The van der Waals surface area contributed by atoms with Crippen LogP contribution in [0.1, 0.15) is 48.0 Å². The summed E-state index contributed by atoms with van der Waals surface area (Å²) in [4.78, 5) is 35.6. The SMILES string of the molecule is CC(C)(C)OC(=O)OC[C@@H]1CC(F)(F)C(=O)N1C(=O)OC(C)(C)C. The third-order valence-corrected chi connectivity index (χ3v) is 2.76. The second-order valence-corrected chi connectivity index (χ2v) is 7.49. The predicted octanol–water partition coefficient (Wildman–Crippen LogP) is 3.11. The molecule has 0 bridgehead atoms. The molecule has 24 heavy (non-hydrogen) atoms. The van der Waals surface area contributed by atoms with Gasteiger partial charge in [0.05, 0.1) is 6.04 Å². The lowest BCUT2D eigenvalue weighted by Gasteiger charge is -2.27. The Hall–Kier alpha value is -1.93. The van der Waals surface area contributed by atoms with Crippen LogP contribution in [0.2, 0.25) is 0 Å². The Balaban J connectivity index is 2.81. The van der Waals surface area contributed by atoms with Gasteiger partial charge in [-0.3, -0.25) is 4.79 Å². The molecule has 1 aliphatic rings. The second kappa shape index (κ2) is 6.52. The van der Waals surface area contributed by atoms with Crippen molar-refractivity contribution in [2.75, 3.05) is 6.61 Å². The maximum absolute atomic E-state index is 13.7. The molecule has 1 rings (SSSR count). The van der Waals surface area contributed by atoms with Crippen LogP contribution in [-0.2, 0) is 19.0 Å². The summed E-state index contributed by atoms with van der Waals surface area (Å²) in [6, 6.07) is -1.32. The van der Waals surface area contributed by atoms with Gasteiger partial charge < -0.3 is 14.2 Å². The van der Waals surface area contributed by atoms with Gasteiger partial charge in [0.15, 0.2) is 0 Å². The Morgan fingerprint density at radius 1 is 1.12 bits per heavy atom. The molecule has 1 heterocycles. The van der Waals surface area contributed by atoms with Gasteiger partial charge in [0.2, 0.25) is 0 Å². The summed E-state index contributed by atoms with van der Waals surface area (Å²) >= 11 is 0. The monoisotopic (exact) mass is 351 g/mol. The Labute approximate surface area is 139 Å². The van der Waals surface area contributed by atoms with Gasteiger partial charge in [-0.2, -0.15) is 8.78 Å². The lowest BCUT2D eigenvalue weighted by molar-refractivity contribution is -0.147. The molecule has 0 N–H and O–H groups in total. The normalized spacial score (nSPS) is 20.8. The number of imide groups is 1. The van der Waals surface area contributed by atoms with Gasteiger partial charge in [-0.25, -0.2) is 14.5 Å². The zero-order valence-electron chi connectivity index (χ0n) is 14.6. The molecule has 0 saturated carbocycles. The van der Waals surface area contributed by atoms with Crippen molar-refractivity contribution < 1.29 is 37.4 Å². The van der Waals surface area contributed by atoms with E-state index in [1.807, 2.05) is 0 Å². The van der Waals surface area contributed by atoms with Crippen molar-refractivity contribution >= 4 is 18.2 Å². The van der Waals surface area contributed by atoms with Crippen LogP contribution in [0.25, 0.3) is 0 Å². The van der Waals surface area contributed by atoms with E-state index in [1.165, 1.54) is 20.8 Å². The third kappa shape index (κ3) is 5.61. The van der Waals surface area contributed by atoms with Gasteiger partial charge in [-0.05, 0) is 41.5 Å². The van der Waals surface area contributed by atoms with Crippen LogP contribution >= 0.6 is 0 Å². The van der Waals surface area contributed by atoms with Gasteiger partial charge >= 0.3 is 24.1 Å². The van der Waals surface area contributed by atoms with Crippen LogP contribution in [0.15, 0.2) is 0 Å². The molecule has 0 spiro atoms. The number of rotatable bonds is 2. The van der Waals surface area contributed by atoms with E-state index < -0.39 is 54.3 Å². The molecule has 0 radical (unpaired) electrons. The fourth-order valence-corrected chi connectivity index (χ4v) is 1.94. The minimum Gasteiger partial charge on any atom is -0.443 e. The maximum atomic E-state index is 13.7. The van der Waals surface area contributed by atoms with Gasteiger partial charge in [-0.1, -0.05) is 0 Å². The molecule has 1 fully saturated rings. The zero-order chi connectivity index (χ0) is 18.9. The molecule has 2 amide bonds. The third-order valence-electron chi connectivity index (χ3n) is 2.76. The van der Waals surface area contributed by atoms with E-state index in [9.17, 15) is 23.2 Å². The molecule has 0 aliphatic carbocycles. The second-order valence-electron chi connectivity index (χ2n) is 7.49. The number of carbonyl (C=O) groups is 3. The number of nitrogens with zero attached hydrogens (tertiary/aromatic N) is 1. The van der Waals surface area contributed by atoms with Crippen molar-refractivity contribution in [2.24, 2.45) is 0 Å². The van der Waals surface area contributed by atoms with Crippen molar-refractivity contribution in [1.29, 1.82) is 0 Å². The Morgan fingerprint density at radius 3 is 2.08 bits per heavy atom. The van der Waals surface area contributed by atoms with Crippen molar-refractivity contribution in [3.05, 3.63) is 0 Å². The van der Waals surface area contributed by atoms with Crippen LogP contribution < -0.4 is 0 Å². The van der Waals surface area contributed by atoms with Gasteiger partial charge in [0.25, 0.3) is 0 Å². The number of carbonyl (C=O) groups excluding carboxylic acids is 3. The summed E-state index contributed by atoms with van der Waals surface area (Å²) in [7, 11) is 0. The van der Waals surface area contributed by atoms with E-state index in [4.69, 9.17) is 14.2 Å². The topological polar surface area (TPSA) is 82.1 Å². The predicted molar refractivity (Wildman–Crippen MR) is 78.6 cm³/mol. The standard InChI is InChI=1S/C15H23F2NO6/c1-13(2,3)23-11(20)18-9(7-15(16,17)10(18)19)8-22-12(21)24-14(4,5)6/h9H,7-8H2,1-6H3/t9-/m0/s1. The molecule has 1 atom stereocenters. The summed E-state index contributed by atoms with van der Waals surface area (Å²) < 4.78 is 41.9. The van der Waals surface area contributed by atoms with E-state index in [0.29, 0.717) is 4.90 Å². The molecule has 9 heteroatoms. The van der Waals surface area contributed by atoms with E-state index >= 15 is 0 Å². The largest absolute Gasteiger partial charge is 0.508 e. The summed E-state index contributed by atoms with van der Waals surface area (Å²) in [6.07, 6.45) is -3.23. The lowest BCUT2D eigenvalue weighted by atomic mass is 10.2. The number of likely N-dealkylation sites (tertiary alicyclic amines) is 1. The highest BCUT2D eigenvalue weighted by molar-refractivity contribution is 5.98. The molecule has 7 nitrogen and oxygen atoms in total. The molecule has 0 aromatic carbocycles. The molecule has 0 aromatic rings. The summed E-state index contributed by atoms with van der Waals surface area (Å²) in [5, 5.41) is 0. The highest BCUT2D eigenvalue weighted by Crippen LogP contribution is 2.34. The van der Waals surface area contributed by atoms with Crippen molar-refractivity contribution in [2.45, 2.75) is 71.1 Å². The van der Waals surface area contributed by atoms with Crippen molar-refractivity contribution in [3.8, 4) is 0 Å². The summed E-state index contributed by atoms with van der Waals surface area (Å²) in [5.41, 5.74) is -1.79. The highest BCUT2D eigenvalue weighted by atomic mass is 19.3.